The minimum Gasteiger partial charge on any atom is -0.459 e. The number of unbranched alkanes of at least 4 members (excludes halogenated alkanes) is 2. The number of rotatable bonds is 43. The van der Waals surface area contributed by atoms with E-state index in [0.717, 1.165) is 50.9 Å². The summed E-state index contributed by atoms with van der Waals surface area (Å²) in [7, 11) is 3.20. The van der Waals surface area contributed by atoms with Crippen LogP contribution in [0.1, 0.15) is 156 Å². The Labute approximate surface area is 702 Å². The molecule has 658 valence electrons. The van der Waals surface area contributed by atoms with Crippen LogP contribution in [0.5, 0.6) is 0 Å². The van der Waals surface area contributed by atoms with Gasteiger partial charge in [-0.15, -0.1) is 5.10 Å². The topological polar surface area (TPSA) is 425 Å². The smallest absolute Gasteiger partial charge is 0.329 e. The molecule has 3 aromatic rings. The number of carbonyl (C=O) groups is 6. The van der Waals surface area contributed by atoms with Crippen molar-refractivity contribution in [2.75, 3.05) is 145 Å². The van der Waals surface area contributed by atoms with Crippen LogP contribution in [0.15, 0.2) is 60.1 Å². The molecule has 34 heteroatoms. The molecule has 7 rings (SSSR count). The van der Waals surface area contributed by atoms with Gasteiger partial charge in [-0.3, -0.25) is 24.0 Å². The van der Waals surface area contributed by atoms with Gasteiger partial charge in [0.25, 0.3) is 11.7 Å². The average molecular weight is 1760 g/mol. The van der Waals surface area contributed by atoms with Gasteiger partial charge >= 0.3 is 5.97 Å². The SMILES string of the molecule is COC1C[C@@H]2CC[C@@H](C)[C@@](O)(O2)C(=O)C(=O)N2CCCC[C@H]2C(=O)OC(C(N)CC2CCC(OCCCCc3cn(CCOCCOCCOCCOCCOCCOCCOCCOCCC(=O)NCCCCn4nc(I)c5c(N)ncnc54)nn3)[C@H](OC)C2)CC(=O)C(C)/C=C(\C)C(O)[C@@H](O)C(=O)C(C)CC(C)/C=C/C=CC=C1C. The second kappa shape index (κ2) is 53.7. The molecule has 4 aliphatic rings. The van der Waals surface area contributed by atoms with Crippen LogP contribution in [0.25, 0.3) is 11.0 Å². The van der Waals surface area contributed by atoms with Gasteiger partial charge in [0.2, 0.25) is 11.7 Å². The van der Waals surface area contributed by atoms with E-state index in [0.29, 0.717) is 208 Å². The van der Waals surface area contributed by atoms with Crippen LogP contribution < -0.4 is 16.8 Å². The number of hydrogen-bond acceptors (Lipinski definition) is 29. The summed E-state index contributed by atoms with van der Waals surface area (Å²) >= 11 is 2.13. The normalized spacial score (nSPS) is 27.0. The number of nitrogen functional groups attached to an aromatic ring is 1. The summed E-state index contributed by atoms with van der Waals surface area (Å²) in [6.45, 7) is 19.4. The number of piperidine rings is 1. The zero-order chi connectivity index (χ0) is 84.5. The number of Topliss-reactive ketones (excluding diaryl/α,β-unsaturated/α-hetero) is 3. The summed E-state index contributed by atoms with van der Waals surface area (Å²) < 4.78 is 79.9. The van der Waals surface area contributed by atoms with Crippen molar-refractivity contribution in [2.45, 2.75) is 231 Å². The minimum atomic E-state index is -2.49. The van der Waals surface area contributed by atoms with Crippen LogP contribution in [0.3, 0.4) is 0 Å². The van der Waals surface area contributed by atoms with Gasteiger partial charge in [-0.05, 0) is 156 Å². The van der Waals surface area contributed by atoms with Crippen LogP contribution in [-0.4, -0.2) is 290 Å². The Morgan fingerprint density at radius 3 is 2.03 bits per heavy atom. The summed E-state index contributed by atoms with van der Waals surface area (Å²) in [6.07, 6.45) is 16.9. The number of aromatic nitrogens is 7. The molecule has 8 N–H and O–H groups in total. The highest BCUT2D eigenvalue weighted by Crippen LogP contribution is 2.38. The minimum absolute atomic E-state index is 0.0246. The van der Waals surface area contributed by atoms with Crippen molar-refractivity contribution in [3.8, 4) is 0 Å². The zero-order valence-corrected chi connectivity index (χ0v) is 72.1. The van der Waals surface area contributed by atoms with E-state index in [1.54, 1.807) is 39.7 Å². The number of cyclic esters (lactones) is 1. The predicted octanol–water partition coefficient (Wildman–Crippen LogP) is 6.30. The Hall–Kier alpha value is -6.04. The fraction of sp³-hybridized carbons (Fsp3) is 0.747. The van der Waals surface area contributed by atoms with Gasteiger partial charge in [-0.1, -0.05) is 69.4 Å². The molecule has 3 aromatic heterocycles. The van der Waals surface area contributed by atoms with Crippen LogP contribution in [0, 0.1) is 33.3 Å². The number of anilines is 1. The summed E-state index contributed by atoms with van der Waals surface area (Å²) in [5.41, 5.74) is 15.7. The van der Waals surface area contributed by atoms with E-state index in [2.05, 4.69) is 53.3 Å². The molecule has 0 aromatic carbocycles. The van der Waals surface area contributed by atoms with Crippen LogP contribution in [0.2, 0.25) is 0 Å². The van der Waals surface area contributed by atoms with Gasteiger partial charge in [-0.25, -0.2) is 24.1 Å². The fourth-order valence-corrected chi connectivity index (χ4v) is 15.6. The molecule has 0 spiro atoms. The van der Waals surface area contributed by atoms with E-state index in [9.17, 15) is 44.1 Å². The van der Waals surface area contributed by atoms with Gasteiger partial charge in [-0.2, -0.15) is 5.10 Å². The lowest BCUT2D eigenvalue weighted by atomic mass is 9.80. The lowest BCUT2D eigenvalue weighted by molar-refractivity contribution is -0.265. The summed E-state index contributed by atoms with van der Waals surface area (Å²) in [6, 6.07) is -2.12. The van der Waals surface area contributed by atoms with E-state index in [-0.39, 0.29) is 67.8 Å². The number of methoxy groups -OCH3 is 2. The molecule has 117 heavy (non-hydrogen) atoms. The Kier molecular flexibility index (Phi) is 45.0. The number of aliphatic hydroxyl groups is 3. The first-order chi connectivity index (χ1) is 56.4. The maximum atomic E-state index is 14.7. The molecule has 3 aliphatic heterocycles. The number of nitrogens with zero attached hydrogens (tertiary/aromatic N) is 8. The largest absolute Gasteiger partial charge is 0.459 e. The highest BCUT2D eigenvalue weighted by molar-refractivity contribution is 14.1. The van der Waals surface area contributed by atoms with Crippen molar-refractivity contribution in [2.24, 2.45) is 35.3 Å². The number of aryl methyl sites for hydroxylation is 2. The first-order valence-electron chi connectivity index (χ1n) is 41.8. The first-order valence-corrected chi connectivity index (χ1v) is 42.9. The maximum absolute atomic E-state index is 14.7. The van der Waals surface area contributed by atoms with E-state index < -0.39 is 95.4 Å². The molecule has 9 unspecified atom stereocenters. The van der Waals surface area contributed by atoms with Gasteiger partial charge < -0.3 is 98.6 Å². The highest BCUT2D eigenvalue weighted by atomic mass is 127. The second-order valence-corrected chi connectivity index (χ2v) is 32.0. The van der Waals surface area contributed by atoms with E-state index >= 15 is 0 Å². The third-order valence-corrected chi connectivity index (χ3v) is 22.6. The van der Waals surface area contributed by atoms with Crippen molar-refractivity contribution >= 4 is 74.6 Å². The van der Waals surface area contributed by atoms with E-state index in [1.165, 1.54) is 19.3 Å². The predicted molar refractivity (Wildman–Crippen MR) is 442 cm³/mol. The molecular formula is C83H132IN11O22. The van der Waals surface area contributed by atoms with Crippen LogP contribution >= 0.6 is 22.6 Å². The Bertz CT molecular complexity index is 3600. The van der Waals surface area contributed by atoms with Gasteiger partial charge in [0.15, 0.2) is 11.4 Å². The molecule has 3 fully saturated rings. The monoisotopic (exact) mass is 1760 g/mol. The fourth-order valence-electron chi connectivity index (χ4n) is 14.9. The molecule has 2 bridgehead atoms. The Balaban J connectivity index is 0.728. The maximum Gasteiger partial charge on any atom is 0.329 e. The van der Waals surface area contributed by atoms with Gasteiger partial charge in [0, 0.05) is 89.7 Å². The number of ketones is 3. The van der Waals surface area contributed by atoms with Crippen LogP contribution in [-0.2, 0) is 110 Å². The number of carbonyl (C=O) groups excluding carboxylic acids is 6. The summed E-state index contributed by atoms with van der Waals surface area (Å²) in [4.78, 5) is 93.2. The third kappa shape index (κ3) is 33.4. The van der Waals surface area contributed by atoms with Crippen LogP contribution in [0.4, 0.5) is 5.82 Å². The molecule has 33 nitrogen and oxygen atoms in total. The molecular weight excluding hydrogens is 1630 g/mol. The summed E-state index contributed by atoms with van der Waals surface area (Å²) in [5, 5.41) is 51.4. The number of aliphatic hydroxyl groups excluding tert-OH is 2. The number of nitrogens with one attached hydrogen (secondary N) is 1. The molecule has 15 atom stereocenters. The number of allylic oxidation sites excluding steroid dienone is 6. The van der Waals surface area contributed by atoms with E-state index in [1.807, 2.05) is 55.1 Å². The van der Waals surface area contributed by atoms with Crippen molar-refractivity contribution in [3.63, 3.8) is 0 Å². The number of ether oxygens (including phenoxy) is 13. The average Bonchev–Trinajstić information content (AvgIpc) is 1.44. The second-order valence-electron chi connectivity index (χ2n) is 31.0. The number of esters is 1. The molecule has 1 saturated carbocycles. The molecule has 6 heterocycles. The van der Waals surface area contributed by atoms with E-state index in [4.69, 9.17) is 73.0 Å². The van der Waals surface area contributed by atoms with Crippen molar-refractivity contribution in [3.05, 3.63) is 69.5 Å². The number of halogens is 1. The number of amides is 2. The zero-order valence-electron chi connectivity index (χ0n) is 70.0. The molecule has 0 radical (unpaired) electrons. The summed E-state index contributed by atoms with van der Waals surface area (Å²) in [5.74, 6) is -8.52. The standard InChI is InChI=1S/C83H132IN11O22/c1-56-18-10-9-11-19-57(2)69(105-7)52-64-24-22-61(6)83(104,117-64)77(101)81(102)94-28-15-12-21-66(94)82(103)116-70(53-67(96)58(3)49-60(5)75(99)76(100)74(98)59(4)48-56)65(85)50-62-23-25-68(71(51-62)106-8)115-31-17-13-20-63-54-93(92-90-63)30-33-108-35-37-110-39-41-112-43-45-114-47-46-113-44-42-111-40-38-109-36-34-107-32-26-72(97)87-27-14-16-29-95-80-73(78(84)91-95)79(86)88-55-89-80/h9-11,18-19,49,54-56,58-59,61-62,64-66,68-71,75-76,99-100,104H,12-17,20-48,50-53,85H2,1-8H3,(H,87,97)(H2,86,88,89)/b11-9?,18-10+,57-19?,60-49+/t56?,58?,59?,61-,62?,64+,65?,66+,68?,69?,70?,71-,75?,76+,83-/m1/s1. The Morgan fingerprint density at radius 1 is 0.718 bits per heavy atom. The third-order valence-electron chi connectivity index (χ3n) is 21.9. The molecule has 2 saturated heterocycles. The molecule has 1 aliphatic carbocycles. The number of hydrogen-bond donors (Lipinski definition) is 6. The number of fused-ring (bicyclic) bond motifs is 4. The molecule has 2 amide bonds. The lowest BCUT2D eigenvalue weighted by Crippen LogP contribution is -2.61. The van der Waals surface area contributed by atoms with Crippen molar-refractivity contribution in [1.29, 1.82) is 0 Å². The van der Waals surface area contributed by atoms with Crippen molar-refractivity contribution in [1.82, 2.24) is 45.0 Å². The number of nitrogens with two attached hydrogens (primary N) is 2. The lowest BCUT2D eigenvalue weighted by Gasteiger charge is -2.42. The van der Waals surface area contributed by atoms with Crippen molar-refractivity contribution < 1.29 is 106 Å². The quantitative estimate of drug-likeness (QED) is 0.0119. The van der Waals surface area contributed by atoms with Gasteiger partial charge in [0.1, 0.15) is 46.0 Å². The van der Waals surface area contributed by atoms with Gasteiger partial charge in [0.05, 0.1) is 148 Å². The first kappa shape index (κ1) is 98.1. The highest BCUT2D eigenvalue weighted by Gasteiger charge is 2.53. The Morgan fingerprint density at radius 2 is 1.38 bits per heavy atom.